The van der Waals surface area contributed by atoms with Crippen LogP contribution in [0.4, 0.5) is 0 Å². The summed E-state index contributed by atoms with van der Waals surface area (Å²) in [7, 11) is 0. The van der Waals surface area contributed by atoms with Crippen molar-refractivity contribution in [1.29, 1.82) is 0 Å². The molecule has 0 unspecified atom stereocenters. The van der Waals surface area contributed by atoms with E-state index >= 15 is 0 Å². The van der Waals surface area contributed by atoms with Crippen LogP contribution in [0.3, 0.4) is 0 Å². The van der Waals surface area contributed by atoms with Crippen LogP contribution in [-0.4, -0.2) is 18.8 Å². The van der Waals surface area contributed by atoms with Crippen molar-refractivity contribution in [2.45, 2.75) is 46.0 Å². The maximum Gasteiger partial charge on any atom is 0.0520 e. The third kappa shape index (κ3) is 4.34. The molecule has 0 aliphatic carbocycles. The molecule has 0 spiro atoms. The Labute approximate surface area is 169 Å². The number of aryl methyl sites for hydroxylation is 1. The Morgan fingerprint density at radius 3 is 2.54 bits per heavy atom. The summed E-state index contributed by atoms with van der Waals surface area (Å²) in [6.45, 7) is 6.61. The van der Waals surface area contributed by atoms with Crippen molar-refractivity contribution in [3.05, 3.63) is 88.1 Å². The molecule has 144 valence electrons. The smallest absolute Gasteiger partial charge is 0.0520 e. The zero-order chi connectivity index (χ0) is 19.3. The van der Waals surface area contributed by atoms with Gasteiger partial charge in [0.05, 0.1) is 5.71 Å². The first-order valence-corrected chi connectivity index (χ1v) is 10.5. The first kappa shape index (κ1) is 18.9. The van der Waals surface area contributed by atoms with Crippen LogP contribution < -0.4 is 5.32 Å². The first-order valence-electron chi connectivity index (χ1n) is 10.5. The first-order chi connectivity index (χ1) is 13.7. The topological polar surface area (TPSA) is 24.4 Å². The fraction of sp³-hybridized carbons (Fsp3) is 0.346. The van der Waals surface area contributed by atoms with Gasteiger partial charge in [0.25, 0.3) is 0 Å². The van der Waals surface area contributed by atoms with Crippen LogP contribution in [0.5, 0.6) is 0 Å². The lowest BCUT2D eigenvalue weighted by molar-refractivity contribution is 0.713. The second-order valence-corrected chi connectivity index (χ2v) is 8.07. The summed E-state index contributed by atoms with van der Waals surface area (Å²) in [6.07, 6.45) is 5.47. The fourth-order valence-corrected chi connectivity index (χ4v) is 4.29. The van der Waals surface area contributed by atoms with Crippen molar-refractivity contribution in [2.24, 2.45) is 4.99 Å². The summed E-state index contributed by atoms with van der Waals surface area (Å²) in [5.41, 5.74) is 11.1. The van der Waals surface area contributed by atoms with Crippen molar-refractivity contribution in [3.8, 4) is 0 Å². The Balaban J connectivity index is 1.38. The van der Waals surface area contributed by atoms with Crippen LogP contribution >= 0.6 is 0 Å². The Morgan fingerprint density at radius 2 is 1.71 bits per heavy atom. The van der Waals surface area contributed by atoms with Gasteiger partial charge in [-0.2, -0.15) is 0 Å². The molecule has 0 bridgehead atoms. The third-order valence-electron chi connectivity index (χ3n) is 5.91. The summed E-state index contributed by atoms with van der Waals surface area (Å²) in [6, 6.07) is 19.8. The van der Waals surface area contributed by atoms with Gasteiger partial charge >= 0.3 is 0 Å². The second kappa shape index (κ2) is 8.70. The number of nitrogens with zero attached hydrogens (tertiary/aromatic N) is 1. The minimum atomic E-state index is 0.996. The molecule has 0 fully saturated rings. The molecule has 2 aromatic carbocycles. The lowest BCUT2D eigenvalue weighted by Crippen LogP contribution is -2.23. The lowest BCUT2D eigenvalue weighted by Gasteiger charge is -2.19. The zero-order valence-corrected chi connectivity index (χ0v) is 17.1. The average Bonchev–Trinajstić information content (AvgIpc) is 3.10. The Morgan fingerprint density at radius 1 is 0.893 bits per heavy atom. The summed E-state index contributed by atoms with van der Waals surface area (Å²) < 4.78 is 0. The lowest BCUT2D eigenvalue weighted by atomic mass is 9.93. The molecule has 0 atom stereocenters. The van der Waals surface area contributed by atoms with Gasteiger partial charge in [-0.25, -0.2) is 0 Å². The molecule has 0 aromatic heterocycles. The van der Waals surface area contributed by atoms with Crippen LogP contribution in [0.25, 0.3) is 5.57 Å². The molecule has 1 N–H and O–H groups in total. The number of benzene rings is 2. The SMILES string of the molecule is CC1=C(CCCc2cccc(C3=C(C)CNCC3)c2)N=C(c2ccccc2)C1. The predicted octanol–water partition coefficient (Wildman–Crippen LogP) is 5.94. The van der Waals surface area contributed by atoms with E-state index in [0.717, 1.165) is 45.2 Å². The molecule has 2 aliphatic rings. The Bertz CT molecular complexity index is 932. The van der Waals surface area contributed by atoms with Crippen LogP contribution in [0.1, 0.15) is 56.2 Å². The van der Waals surface area contributed by atoms with E-state index in [1.807, 2.05) is 0 Å². The summed E-state index contributed by atoms with van der Waals surface area (Å²) in [4.78, 5) is 4.95. The van der Waals surface area contributed by atoms with Gasteiger partial charge in [-0.1, -0.05) is 60.2 Å². The van der Waals surface area contributed by atoms with E-state index in [9.17, 15) is 0 Å². The Kier molecular flexibility index (Phi) is 5.87. The predicted molar refractivity (Wildman–Crippen MR) is 120 cm³/mol. The van der Waals surface area contributed by atoms with E-state index in [4.69, 9.17) is 4.99 Å². The van der Waals surface area contributed by atoms with Crippen molar-refractivity contribution >= 4 is 11.3 Å². The number of rotatable bonds is 6. The molecule has 2 heteroatoms. The number of hydrogen-bond acceptors (Lipinski definition) is 2. The zero-order valence-electron chi connectivity index (χ0n) is 17.1. The normalized spacial score (nSPS) is 17.3. The molecular formula is C26H30N2. The highest BCUT2D eigenvalue weighted by Gasteiger charge is 2.16. The maximum absolute atomic E-state index is 4.95. The van der Waals surface area contributed by atoms with E-state index in [1.54, 1.807) is 0 Å². The summed E-state index contributed by atoms with van der Waals surface area (Å²) in [5, 5.41) is 3.46. The third-order valence-corrected chi connectivity index (χ3v) is 5.91. The van der Waals surface area contributed by atoms with Gasteiger partial charge in [0.1, 0.15) is 0 Å². The molecule has 28 heavy (non-hydrogen) atoms. The number of allylic oxidation sites excluding steroid dienone is 2. The van der Waals surface area contributed by atoms with Gasteiger partial charge < -0.3 is 5.32 Å². The molecule has 0 saturated carbocycles. The number of hydrogen-bond donors (Lipinski definition) is 1. The van der Waals surface area contributed by atoms with Gasteiger partial charge in [-0.05, 0) is 73.9 Å². The average molecular weight is 371 g/mol. The number of nitrogens with one attached hydrogen (secondary N) is 1. The van der Waals surface area contributed by atoms with Crippen molar-refractivity contribution in [3.63, 3.8) is 0 Å². The maximum atomic E-state index is 4.95. The van der Waals surface area contributed by atoms with Gasteiger partial charge in [-0.3, -0.25) is 4.99 Å². The largest absolute Gasteiger partial charge is 0.313 e. The van der Waals surface area contributed by atoms with E-state index in [0.29, 0.717) is 0 Å². The fourth-order valence-electron chi connectivity index (χ4n) is 4.29. The highest BCUT2D eigenvalue weighted by atomic mass is 14.9. The molecule has 2 heterocycles. The summed E-state index contributed by atoms with van der Waals surface area (Å²) >= 11 is 0. The van der Waals surface area contributed by atoms with Crippen molar-refractivity contribution in [2.75, 3.05) is 13.1 Å². The number of aliphatic imine (C=N–C) groups is 1. The highest BCUT2D eigenvalue weighted by molar-refractivity contribution is 6.04. The standard InChI is InChI=1S/C26H30N2/c1-19-16-26(22-10-4-3-5-11-22)28-25(19)13-7-9-21-8-6-12-23(17-21)24-14-15-27-18-20(24)2/h3-6,8,10-12,17,27H,7,9,13-16,18H2,1-2H3. The molecule has 0 saturated heterocycles. The van der Waals surface area contributed by atoms with Gasteiger partial charge in [0.15, 0.2) is 0 Å². The van der Waals surface area contributed by atoms with Crippen LogP contribution in [0.2, 0.25) is 0 Å². The molecule has 2 aromatic rings. The van der Waals surface area contributed by atoms with Crippen molar-refractivity contribution < 1.29 is 0 Å². The Hall–Kier alpha value is -2.45. The molecule has 0 amide bonds. The van der Waals surface area contributed by atoms with Crippen LogP contribution in [-0.2, 0) is 6.42 Å². The molecular weight excluding hydrogens is 340 g/mol. The van der Waals surface area contributed by atoms with E-state index in [1.165, 1.54) is 44.8 Å². The minimum Gasteiger partial charge on any atom is -0.313 e. The second-order valence-electron chi connectivity index (χ2n) is 8.07. The van der Waals surface area contributed by atoms with Gasteiger partial charge in [-0.15, -0.1) is 0 Å². The van der Waals surface area contributed by atoms with E-state index in [-0.39, 0.29) is 0 Å². The molecule has 0 radical (unpaired) electrons. The monoisotopic (exact) mass is 370 g/mol. The highest BCUT2D eigenvalue weighted by Crippen LogP contribution is 2.28. The van der Waals surface area contributed by atoms with Gasteiger partial charge in [0.2, 0.25) is 0 Å². The van der Waals surface area contributed by atoms with E-state index in [2.05, 4.69) is 73.8 Å². The quantitative estimate of drug-likeness (QED) is 0.668. The molecule has 2 nitrogen and oxygen atoms in total. The molecule has 4 rings (SSSR count). The van der Waals surface area contributed by atoms with Crippen LogP contribution in [0.15, 0.2) is 76.4 Å². The summed E-state index contributed by atoms with van der Waals surface area (Å²) in [5.74, 6) is 0. The van der Waals surface area contributed by atoms with Gasteiger partial charge in [0, 0.05) is 18.7 Å². The minimum absolute atomic E-state index is 0.996. The molecule has 2 aliphatic heterocycles. The van der Waals surface area contributed by atoms with Crippen molar-refractivity contribution in [1.82, 2.24) is 5.32 Å². The van der Waals surface area contributed by atoms with E-state index < -0.39 is 0 Å². The van der Waals surface area contributed by atoms with Crippen LogP contribution in [0, 0.1) is 0 Å².